The molecule has 0 aliphatic heterocycles. The molecule has 0 aromatic carbocycles. The summed E-state index contributed by atoms with van der Waals surface area (Å²) in [4.78, 5) is 17.9. The van der Waals surface area contributed by atoms with E-state index in [1.807, 2.05) is 6.08 Å². The van der Waals surface area contributed by atoms with Crippen LogP contribution in [-0.2, 0) is 16.3 Å². The van der Waals surface area contributed by atoms with Crippen LogP contribution in [0.5, 0.6) is 0 Å². The predicted octanol–water partition coefficient (Wildman–Crippen LogP) is 4.16. The predicted molar refractivity (Wildman–Crippen MR) is 109 cm³/mol. The van der Waals surface area contributed by atoms with E-state index >= 15 is 0 Å². The second-order valence-electron chi connectivity index (χ2n) is 6.69. The number of aliphatic hydroxyl groups is 1. The number of aliphatic hydroxyl groups excluding tert-OH is 1. The zero-order valence-corrected chi connectivity index (χ0v) is 17.4. The lowest BCUT2D eigenvalue weighted by Crippen LogP contribution is -2.37. The molecule has 0 heterocycles. The highest BCUT2D eigenvalue weighted by Gasteiger charge is 2.16. The van der Waals surface area contributed by atoms with Crippen molar-refractivity contribution in [2.24, 2.45) is 5.73 Å². The molecular formula is C18H38NO4PS. The van der Waals surface area contributed by atoms with Gasteiger partial charge in [-0.1, -0.05) is 83.3 Å². The molecule has 0 amide bonds. The van der Waals surface area contributed by atoms with Crippen molar-refractivity contribution in [2.75, 3.05) is 6.61 Å². The summed E-state index contributed by atoms with van der Waals surface area (Å²) in [5, 5.41) is 9.81. The Kier molecular flexibility index (Phi) is 16.5. The largest absolute Gasteiger partial charge is 0.387 e. The molecule has 7 heteroatoms. The SMILES string of the molecule is CCCCCCCCCCCCC/C=C/[C@@H](O)[C@@H](N)COP(O)(O)=S. The topological polar surface area (TPSA) is 95.9 Å². The molecule has 5 nitrogen and oxygen atoms in total. The molecule has 0 spiro atoms. The first kappa shape index (κ1) is 25.2. The van der Waals surface area contributed by atoms with Crippen molar-refractivity contribution >= 4 is 18.5 Å². The zero-order chi connectivity index (χ0) is 19.0. The summed E-state index contributed by atoms with van der Waals surface area (Å²) < 4.78 is 4.65. The summed E-state index contributed by atoms with van der Waals surface area (Å²) >= 11 is 4.33. The number of hydrogen-bond donors (Lipinski definition) is 4. The summed E-state index contributed by atoms with van der Waals surface area (Å²) in [5.74, 6) is 0. The molecule has 0 rings (SSSR count). The van der Waals surface area contributed by atoms with Crippen LogP contribution in [0.25, 0.3) is 0 Å². The normalized spacial score (nSPS) is 14.9. The summed E-state index contributed by atoms with van der Waals surface area (Å²) in [7, 11) is 0. The lowest BCUT2D eigenvalue weighted by atomic mass is 10.0. The second-order valence-corrected chi connectivity index (χ2v) is 9.36. The van der Waals surface area contributed by atoms with Gasteiger partial charge in [0.1, 0.15) is 0 Å². The van der Waals surface area contributed by atoms with Gasteiger partial charge in [0.2, 0.25) is 0 Å². The van der Waals surface area contributed by atoms with Crippen molar-refractivity contribution in [2.45, 2.75) is 96.1 Å². The molecule has 0 aromatic rings. The highest BCUT2D eigenvalue weighted by molar-refractivity contribution is 8.06. The minimum absolute atomic E-state index is 0.172. The van der Waals surface area contributed by atoms with E-state index in [1.165, 1.54) is 64.2 Å². The average molecular weight is 396 g/mol. The molecule has 0 aliphatic rings. The fourth-order valence-electron chi connectivity index (χ4n) is 2.59. The van der Waals surface area contributed by atoms with Crippen LogP contribution in [0, 0.1) is 0 Å². The van der Waals surface area contributed by atoms with Crippen molar-refractivity contribution in [3.05, 3.63) is 12.2 Å². The Labute approximate surface area is 158 Å². The fraction of sp³-hybridized carbons (Fsp3) is 0.889. The van der Waals surface area contributed by atoms with Crippen LogP contribution in [-0.4, -0.2) is 33.6 Å². The number of allylic oxidation sites excluding steroid dienone is 1. The molecule has 2 atom stereocenters. The molecule has 0 unspecified atom stereocenters. The first-order valence-electron chi connectivity index (χ1n) is 9.67. The molecule has 150 valence electrons. The van der Waals surface area contributed by atoms with Crippen LogP contribution in [0.2, 0.25) is 0 Å². The van der Waals surface area contributed by atoms with E-state index in [0.29, 0.717) is 0 Å². The first-order chi connectivity index (χ1) is 11.9. The molecule has 0 radical (unpaired) electrons. The van der Waals surface area contributed by atoms with Crippen molar-refractivity contribution in [1.82, 2.24) is 0 Å². The Morgan fingerprint density at radius 2 is 1.44 bits per heavy atom. The number of hydrogen-bond acceptors (Lipinski definition) is 4. The maximum absolute atomic E-state index is 9.81. The Morgan fingerprint density at radius 3 is 1.92 bits per heavy atom. The van der Waals surface area contributed by atoms with E-state index in [9.17, 15) is 5.11 Å². The van der Waals surface area contributed by atoms with Gasteiger partial charge in [0, 0.05) is 0 Å². The Morgan fingerprint density at radius 1 is 0.960 bits per heavy atom. The molecule has 0 fully saturated rings. The zero-order valence-electron chi connectivity index (χ0n) is 15.7. The molecular weight excluding hydrogens is 357 g/mol. The van der Waals surface area contributed by atoms with Crippen LogP contribution < -0.4 is 5.73 Å². The van der Waals surface area contributed by atoms with Gasteiger partial charge in [-0.25, -0.2) is 0 Å². The molecule has 0 saturated carbocycles. The highest BCUT2D eigenvalue weighted by Crippen LogP contribution is 2.36. The van der Waals surface area contributed by atoms with Gasteiger partial charge < -0.3 is 25.2 Å². The molecule has 0 aliphatic carbocycles. The van der Waals surface area contributed by atoms with Crippen LogP contribution in [0.3, 0.4) is 0 Å². The van der Waals surface area contributed by atoms with Gasteiger partial charge in [-0.3, -0.25) is 0 Å². The van der Waals surface area contributed by atoms with Crippen molar-refractivity contribution in [1.29, 1.82) is 0 Å². The van der Waals surface area contributed by atoms with Gasteiger partial charge in [-0.05, 0) is 24.6 Å². The van der Waals surface area contributed by atoms with Gasteiger partial charge in [0.15, 0.2) is 0 Å². The van der Waals surface area contributed by atoms with E-state index in [-0.39, 0.29) is 6.61 Å². The molecule has 0 saturated heterocycles. The maximum atomic E-state index is 9.81. The maximum Gasteiger partial charge on any atom is 0.321 e. The summed E-state index contributed by atoms with van der Waals surface area (Å²) in [6.07, 6.45) is 18.1. The van der Waals surface area contributed by atoms with Gasteiger partial charge in [-0.15, -0.1) is 0 Å². The molecule has 0 aromatic heterocycles. The molecule has 0 bridgehead atoms. The Balaban J connectivity index is 3.46. The fourth-order valence-corrected chi connectivity index (χ4v) is 3.14. The highest BCUT2D eigenvalue weighted by atomic mass is 32.5. The van der Waals surface area contributed by atoms with E-state index in [2.05, 4.69) is 23.3 Å². The smallest absolute Gasteiger partial charge is 0.321 e. The number of nitrogens with two attached hydrogens (primary N) is 1. The van der Waals surface area contributed by atoms with Crippen LogP contribution in [0.1, 0.15) is 84.0 Å². The third-order valence-corrected chi connectivity index (χ3v) is 4.98. The van der Waals surface area contributed by atoms with Gasteiger partial charge in [0.05, 0.1) is 18.8 Å². The van der Waals surface area contributed by atoms with Crippen molar-refractivity contribution < 1.29 is 19.4 Å². The Bertz CT molecular complexity index is 376. The summed E-state index contributed by atoms with van der Waals surface area (Å²) in [6, 6.07) is -0.713. The van der Waals surface area contributed by atoms with Crippen LogP contribution in [0.4, 0.5) is 0 Å². The van der Waals surface area contributed by atoms with Gasteiger partial charge >= 0.3 is 6.72 Å². The minimum atomic E-state index is -3.70. The van der Waals surface area contributed by atoms with Gasteiger partial charge in [0.25, 0.3) is 0 Å². The van der Waals surface area contributed by atoms with Crippen molar-refractivity contribution in [3.63, 3.8) is 0 Å². The van der Waals surface area contributed by atoms with E-state index in [4.69, 9.17) is 15.5 Å². The standard InChI is InChI=1S/C18H38NO4PS/c1-2-3-4-5-6-7-8-9-10-11-12-13-14-15-18(20)17(19)16-23-24(21,22)25/h14-15,17-18,20H,2-13,16,19H2,1H3,(H2,21,22,25)/b15-14+/t17-,18+/m0/s1. The van der Waals surface area contributed by atoms with Crippen LogP contribution >= 0.6 is 6.72 Å². The van der Waals surface area contributed by atoms with E-state index < -0.39 is 18.9 Å². The lowest BCUT2D eigenvalue weighted by molar-refractivity contribution is 0.143. The molecule has 5 N–H and O–H groups in total. The third-order valence-electron chi connectivity index (χ3n) is 4.18. The van der Waals surface area contributed by atoms with Crippen molar-refractivity contribution in [3.8, 4) is 0 Å². The monoisotopic (exact) mass is 395 g/mol. The number of unbranched alkanes of at least 4 members (excludes halogenated alkanes) is 11. The first-order valence-corrected chi connectivity index (χ1v) is 12.3. The third kappa shape index (κ3) is 18.8. The average Bonchev–Trinajstić information content (AvgIpc) is 2.56. The van der Waals surface area contributed by atoms with E-state index in [1.54, 1.807) is 6.08 Å². The summed E-state index contributed by atoms with van der Waals surface area (Å²) in [5.41, 5.74) is 5.69. The number of rotatable bonds is 17. The van der Waals surface area contributed by atoms with E-state index in [0.717, 1.165) is 12.8 Å². The minimum Gasteiger partial charge on any atom is -0.387 e. The van der Waals surface area contributed by atoms with Crippen LogP contribution in [0.15, 0.2) is 12.2 Å². The van der Waals surface area contributed by atoms with Gasteiger partial charge in [-0.2, -0.15) is 0 Å². The summed E-state index contributed by atoms with van der Waals surface area (Å²) in [6.45, 7) is -1.62. The Hall–Kier alpha value is 0.190. The second kappa shape index (κ2) is 16.4. The quantitative estimate of drug-likeness (QED) is 0.168. The lowest BCUT2D eigenvalue weighted by Gasteiger charge is -2.17. The molecule has 25 heavy (non-hydrogen) atoms.